The molecule has 0 radical (unpaired) electrons. The summed E-state index contributed by atoms with van der Waals surface area (Å²) in [6.07, 6.45) is 4.56. The summed E-state index contributed by atoms with van der Waals surface area (Å²) in [5.41, 5.74) is 2.67. The number of aromatic nitrogens is 6. The number of carbonyl (C=O) groups excluding carboxylic acids is 1. The highest BCUT2D eigenvalue weighted by Gasteiger charge is 2.11. The van der Waals surface area contributed by atoms with E-state index >= 15 is 0 Å². The topological polar surface area (TPSA) is 90.5 Å². The van der Waals surface area contributed by atoms with Gasteiger partial charge in [-0.05, 0) is 38.0 Å². The van der Waals surface area contributed by atoms with Gasteiger partial charge in [-0.2, -0.15) is 10.2 Å². The Kier molecular flexibility index (Phi) is 4.87. The second-order valence-corrected chi connectivity index (χ2v) is 6.17. The fraction of sp³-hybridized carbons (Fsp3) is 0.353. The summed E-state index contributed by atoms with van der Waals surface area (Å²) in [4.78, 5) is 20.5. The quantitative estimate of drug-likeness (QED) is 0.736. The van der Waals surface area contributed by atoms with E-state index in [1.807, 2.05) is 24.6 Å². The minimum Gasteiger partial charge on any atom is -0.352 e. The molecule has 0 saturated heterocycles. The van der Waals surface area contributed by atoms with Crippen molar-refractivity contribution >= 4 is 5.91 Å². The first-order chi connectivity index (χ1) is 12.0. The van der Waals surface area contributed by atoms with E-state index in [0.29, 0.717) is 17.9 Å². The Bertz CT molecular complexity index is 854. The van der Waals surface area contributed by atoms with Gasteiger partial charge in [0, 0.05) is 30.5 Å². The summed E-state index contributed by atoms with van der Waals surface area (Å²) in [7, 11) is 0. The zero-order valence-corrected chi connectivity index (χ0v) is 14.5. The van der Waals surface area contributed by atoms with Gasteiger partial charge in [-0.25, -0.2) is 14.6 Å². The van der Waals surface area contributed by atoms with Crippen LogP contribution in [-0.4, -0.2) is 42.0 Å². The van der Waals surface area contributed by atoms with E-state index in [1.54, 1.807) is 24.7 Å². The second-order valence-electron chi connectivity index (χ2n) is 6.17. The minimum atomic E-state index is -0.135. The van der Waals surface area contributed by atoms with Gasteiger partial charge in [0.1, 0.15) is 12.7 Å². The molecule has 0 aromatic carbocycles. The van der Waals surface area contributed by atoms with Crippen LogP contribution in [0.25, 0.3) is 5.82 Å². The van der Waals surface area contributed by atoms with Crippen molar-refractivity contribution in [3.63, 3.8) is 0 Å². The summed E-state index contributed by atoms with van der Waals surface area (Å²) in [6.45, 7) is 7.43. The average molecular weight is 339 g/mol. The molecule has 3 rings (SSSR count). The van der Waals surface area contributed by atoms with Gasteiger partial charge < -0.3 is 5.32 Å². The van der Waals surface area contributed by atoms with Crippen LogP contribution in [0.1, 0.15) is 28.7 Å². The molecule has 1 amide bonds. The predicted octanol–water partition coefficient (Wildman–Crippen LogP) is 1.54. The highest BCUT2D eigenvalue weighted by Crippen LogP contribution is 2.08. The SMILES string of the molecule is Cc1cc(C)n(CC(C)CNC(=O)c2ccnc(-n3cncn3)c2)n1. The number of amides is 1. The summed E-state index contributed by atoms with van der Waals surface area (Å²) in [5, 5.41) is 11.4. The van der Waals surface area contributed by atoms with Crippen molar-refractivity contribution in [2.24, 2.45) is 5.92 Å². The maximum Gasteiger partial charge on any atom is 0.251 e. The lowest BCUT2D eigenvalue weighted by molar-refractivity contribution is 0.0946. The van der Waals surface area contributed by atoms with E-state index in [-0.39, 0.29) is 11.8 Å². The van der Waals surface area contributed by atoms with Crippen LogP contribution in [0.3, 0.4) is 0 Å². The molecule has 3 heterocycles. The Morgan fingerprint density at radius 1 is 1.32 bits per heavy atom. The number of pyridine rings is 1. The van der Waals surface area contributed by atoms with Gasteiger partial charge in [0.05, 0.1) is 5.69 Å². The molecule has 25 heavy (non-hydrogen) atoms. The number of carbonyl (C=O) groups is 1. The van der Waals surface area contributed by atoms with Crippen LogP contribution in [0.2, 0.25) is 0 Å². The van der Waals surface area contributed by atoms with Gasteiger partial charge in [0.15, 0.2) is 5.82 Å². The van der Waals surface area contributed by atoms with Gasteiger partial charge in [-0.15, -0.1) is 0 Å². The van der Waals surface area contributed by atoms with Crippen LogP contribution in [0.4, 0.5) is 0 Å². The third-order valence-electron chi connectivity index (χ3n) is 3.86. The Morgan fingerprint density at radius 3 is 2.84 bits per heavy atom. The molecule has 0 spiro atoms. The molecular formula is C17H21N7O. The highest BCUT2D eigenvalue weighted by atomic mass is 16.1. The molecule has 130 valence electrons. The lowest BCUT2D eigenvalue weighted by Crippen LogP contribution is -2.30. The van der Waals surface area contributed by atoms with Crippen LogP contribution in [0, 0.1) is 19.8 Å². The third-order valence-corrected chi connectivity index (χ3v) is 3.86. The predicted molar refractivity (Wildman–Crippen MR) is 92.4 cm³/mol. The van der Waals surface area contributed by atoms with Crippen LogP contribution in [-0.2, 0) is 6.54 Å². The molecule has 3 aromatic rings. The van der Waals surface area contributed by atoms with Crippen molar-refractivity contribution in [2.45, 2.75) is 27.3 Å². The van der Waals surface area contributed by atoms with E-state index in [2.05, 4.69) is 32.4 Å². The van der Waals surface area contributed by atoms with Crippen molar-refractivity contribution in [1.29, 1.82) is 0 Å². The summed E-state index contributed by atoms with van der Waals surface area (Å²) >= 11 is 0. The summed E-state index contributed by atoms with van der Waals surface area (Å²) < 4.78 is 3.49. The zero-order chi connectivity index (χ0) is 17.8. The summed E-state index contributed by atoms with van der Waals surface area (Å²) in [6, 6.07) is 5.42. The number of rotatable bonds is 6. The Morgan fingerprint density at radius 2 is 2.16 bits per heavy atom. The van der Waals surface area contributed by atoms with Crippen molar-refractivity contribution in [1.82, 2.24) is 34.8 Å². The molecule has 8 heteroatoms. The first kappa shape index (κ1) is 16.8. The smallest absolute Gasteiger partial charge is 0.251 e. The first-order valence-corrected chi connectivity index (χ1v) is 8.13. The normalized spacial score (nSPS) is 12.1. The molecule has 0 fully saturated rings. The van der Waals surface area contributed by atoms with Gasteiger partial charge in [-0.3, -0.25) is 9.48 Å². The van der Waals surface area contributed by atoms with E-state index in [4.69, 9.17) is 0 Å². The van der Waals surface area contributed by atoms with Gasteiger partial charge in [0.25, 0.3) is 5.91 Å². The zero-order valence-electron chi connectivity index (χ0n) is 14.5. The highest BCUT2D eigenvalue weighted by molar-refractivity contribution is 5.94. The maximum atomic E-state index is 12.4. The molecule has 3 aromatic heterocycles. The summed E-state index contributed by atoms with van der Waals surface area (Å²) in [5.74, 6) is 0.684. The number of nitrogens with zero attached hydrogens (tertiary/aromatic N) is 6. The van der Waals surface area contributed by atoms with Crippen LogP contribution in [0.5, 0.6) is 0 Å². The number of nitrogens with one attached hydrogen (secondary N) is 1. The van der Waals surface area contributed by atoms with E-state index in [9.17, 15) is 4.79 Å². The largest absolute Gasteiger partial charge is 0.352 e. The Labute approximate surface area is 145 Å². The van der Waals surface area contributed by atoms with Crippen LogP contribution in [0.15, 0.2) is 37.1 Å². The number of aryl methyl sites for hydroxylation is 2. The molecule has 1 N–H and O–H groups in total. The lowest BCUT2D eigenvalue weighted by Gasteiger charge is -2.14. The molecule has 0 saturated carbocycles. The fourth-order valence-corrected chi connectivity index (χ4v) is 2.60. The molecule has 1 unspecified atom stereocenters. The maximum absolute atomic E-state index is 12.4. The van der Waals surface area contributed by atoms with Crippen LogP contribution < -0.4 is 5.32 Å². The molecule has 0 aliphatic heterocycles. The molecular weight excluding hydrogens is 318 g/mol. The molecule has 8 nitrogen and oxygen atoms in total. The minimum absolute atomic E-state index is 0.135. The molecule has 0 aliphatic rings. The van der Waals surface area contributed by atoms with E-state index in [1.165, 1.54) is 11.0 Å². The van der Waals surface area contributed by atoms with Crippen molar-refractivity contribution in [2.75, 3.05) is 6.54 Å². The lowest BCUT2D eigenvalue weighted by atomic mass is 10.1. The van der Waals surface area contributed by atoms with Crippen LogP contribution >= 0.6 is 0 Å². The Balaban J connectivity index is 1.59. The monoisotopic (exact) mass is 339 g/mol. The third kappa shape index (κ3) is 4.09. The standard InChI is InChI=1S/C17H21N7O/c1-12(9-23-14(3)6-13(2)22-23)8-20-17(25)15-4-5-19-16(7-15)24-11-18-10-21-24/h4-7,10-12H,8-9H2,1-3H3,(H,20,25). The van der Waals surface area contributed by atoms with Crippen molar-refractivity contribution < 1.29 is 4.79 Å². The van der Waals surface area contributed by atoms with E-state index in [0.717, 1.165) is 17.9 Å². The van der Waals surface area contributed by atoms with Gasteiger partial charge in [-0.1, -0.05) is 6.92 Å². The molecule has 1 atom stereocenters. The van der Waals surface area contributed by atoms with E-state index < -0.39 is 0 Å². The second kappa shape index (κ2) is 7.25. The van der Waals surface area contributed by atoms with Gasteiger partial charge >= 0.3 is 0 Å². The fourth-order valence-electron chi connectivity index (χ4n) is 2.60. The average Bonchev–Trinajstić information content (AvgIpc) is 3.23. The Hall–Kier alpha value is -3.03. The van der Waals surface area contributed by atoms with Gasteiger partial charge in [0.2, 0.25) is 0 Å². The van der Waals surface area contributed by atoms with Crippen molar-refractivity contribution in [3.05, 3.63) is 54.0 Å². The molecule has 0 bridgehead atoms. The van der Waals surface area contributed by atoms with Crippen molar-refractivity contribution in [3.8, 4) is 5.82 Å². The molecule has 0 aliphatic carbocycles. The number of hydrogen-bond acceptors (Lipinski definition) is 5. The first-order valence-electron chi connectivity index (χ1n) is 8.13. The number of hydrogen-bond donors (Lipinski definition) is 1.